The number of rotatable bonds is 10. The molecule has 3 heterocycles. The first kappa shape index (κ1) is 27.1. The number of nitrogens with one attached hydrogen (secondary N) is 2. The van der Waals surface area contributed by atoms with E-state index in [0.29, 0.717) is 12.5 Å². The second-order valence-corrected chi connectivity index (χ2v) is 8.53. The van der Waals surface area contributed by atoms with Gasteiger partial charge in [-0.2, -0.15) is 0 Å². The first-order chi connectivity index (χ1) is 15.3. The minimum atomic E-state index is 0. The molecule has 0 amide bonds. The van der Waals surface area contributed by atoms with E-state index in [2.05, 4.69) is 34.6 Å². The summed E-state index contributed by atoms with van der Waals surface area (Å²) in [6, 6.07) is 4.30. The van der Waals surface area contributed by atoms with Crippen LogP contribution < -0.4 is 15.5 Å². The quantitative estimate of drug-likeness (QED) is 0.196. The number of nitrogens with zero attached hydrogens (tertiary/aromatic N) is 3. The van der Waals surface area contributed by atoms with Crippen LogP contribution in [-0.4, -0.2) is 63.6 Å². The lowest BCUT2D eigenvalue weighted by atomic mass is 10.0. The maximum absolute atomic E-state index is 5.85. The largest absolute Gasteiger partial charge is 0.381 e. The number of pyridine rings is 1. The molecule has 0 unspecified atom stereocenters. The van der Waals surface area contributed by atoms with Gasteiger partial charge in [-0.15, -0.1) is 24.0 Å². The van der Waals surface area contributed by atoms with Gasteiger partial charge in [0.25, 0.3) is 0 Å². The van der Waals surface area contributed by atoms with Crippen LogP contribution in [0.2, 0.25) is 0 Å². The zero-order valence-electron chi connectivity index (χ0n) is 19.7. The van der Waals surface area contributed by atoms with Gasteiger partial charge in [0.05, 0.1) is 6.54 Å². The average molecular weight is 560 g/mol. The minimum Gasteiger partial charge on any atom is -0.381 e. The number of hydrogen-bond acceptors (Lipinski definition) is 5. The van der Waals surface area contributed by atoms with Gasteiger partial charge in [-0.25, -0.2) is 9.98 Å². The normalized spacial score (nSPS) is 18.0. The van der Waals surface area contributed by atoms with E-state index in [4.69, 9.17) is 19.5 Å². The van der Waals surface area contributed by atoms with E-state index in [9.17, 15) is 0 Å². The number of hydrogen-bond donors (Lipinski definition) is 2. The van der Waals surface area contributed by atoms with Gasteiger partial charge in [-0.1, -0.05) is 18.9 Å². The fourth-order valence-electron chi connectivity index (χ4n) is 4.05. The molecule has 0 radical (unpaired) electrons. The van der Waals surface area contributed by atoms with E-state index in [0.717, 1.165) is 89.2 Å². The van der Waals surface area contributed by atoms with Crippen molar-refractivity contribution in [3.8, 4) is 0 Å². The lowest BCUT2D eigenvalue weighted by Gasteiger charge is -2.21. The van der Waals surface area contributed by atoms with Crippen molar-refractivity contribution in [2.45, 2.75) is 58.4 Å². The molecule has 7 nitrogen and oxygen atoms in total. The lowest BCUT2D eigenvalue weighted by molar-refractivity contribution is 0.0203. The van der Waals surface area contributed by atoms with Gasteiger partial charge in [0.2, 0.25) is 0 Å². The van der Waals surface area contributed by atoms with Gasteiger partial charge in [-0.3, -0.25) is 0 Å². The molecule has 0 bridgehead atoms. The van der Waals surface area contributed by atoms with Crippen molar-refractivity contribution in [1.82, 2.24) is 15.6 Å². The van der Waals surface area contributed by atoms with Crippen LogP contribution in [0.3, 0.4) is 0 Å². The third-order valence-electron chi connectivity index (χ3n) is 5.96. The van der Waals surface area contributed by atoms with E-state index >= 15 is 0 Å². The molecule has 0 saturated carbocycles. The van der Waals surface area contributed by atoms with E-state index < -0.39 is 0 Å². The predicted octanol–water partition coefficient (Wildman–Crippen LogP) is 3.97. The highest BCUT2D eigenvalue weighted by Crippen LogP contribution is 2.18. The molecule has 2 aliphatic rings. The predicted molar refractivity (Wildman–Crippen MR) is 142 cm³/mol. The zero-order valence-corrected chi connectivity index (χ0v) is 22.0. The maximum Gasteiger partial charge on any atom is 0.191 e. The summed E-state index contributed by atoms with van der Waals surface area (Å²) in [5.74, 6) is 2.61. The van der Waals surface area contributed by atoms with Crippen LogP contribution in [0, 0.1) is 5.92 Å². The van der Waals surface area contributed by atoms with E-state index in [1.807, 2.05) is 6.20 Å². The monoisotopic (exact) mass is 559 g/mol. The molecule has 0 atom stereocenters. The summed E-state index contributed by atoms with van der Waals surface area (Å²) >= 11 is 0. The molecule has 2 fully saturated rings. The van der Waals surface area contributed by atoms with Gasteiger partial charge in [-0.05, 0) is 56.6 Å². The Bertz CT molecular complexity index is 630. The van der Waals surface area contributed by atoms with E-state index in [1.165, 1.54) is 25.7 Å². The second-order valence-electron chi connectivity index (χ2n) is 8.53. The van der Waals surface area contributed by atoms with Crippen molar-refractivity contribution in [1.29, 1.82) is 0 Å². The highest BCUT2D eigenvalue weighted by atomic mass is 127. The summed E-state index contributed by atoms with van der Waals surface area (Å²) < 4.78 is 11.2. The Labute approximate surface area is 211 Å². The molecule has 1 aromatic rings. The van der Waals surface area contributed by atoms with Crippen LogP contribution in [0.15, 0.2) is 23.3 Å². The van der Waals surface area contributed by atoms with Gasteiger partial charge < -0.3 is 25.0 Å². The molecule has 2 saturated heterocycles. The minimum absolute atomic E-state index is 0. The molecule has 0 aliphatic carbocycles. The highest BCUT2D eigenvalue weighted by Gasteiger charge is 2.13. The van der Waals surface area contributed by atoms with Crippen LogP contribution in [0.4, 0.5) is 5.82 Å². The molecule has 2 aliphatic heterocycles. The SMILES string of the molecule is CCNC(=NCc1ccc(N2CCCCCC2)nc1)NCCCOCC1CCOCC1.I. The Kier molecular flexibility index (Phi) is 14.0. The van der Waals surface area contributed by atoms with Gasteiger partial charge in [0.1, 0.15) is 5.82 Å². The molecule has 3 rings (SSSR count). The zero-order chi connectivity index (χ0) is 21.6. The lowest BCUT2D eigenvalue weighted by Crippen LogP contribution is -2.38. The third-order valence-corrected chi connectivity index (χ3v) is 5.96. The van der Waals surface area contributed by atoms with Crippen LogP contribution in [-0.2, 0) is 16.0 Å². The summed E-state index contributed by atoms with van der Waals surface area (Å²) in [7, 11) is 0. The number of aliphatic imine (C=N–C) groups is 1. The van der Waals surface area contributed by atoms with Crippen molar-refractivity contribution in [2.75, 3.05) is 57.5 Å². The molecule has 8 heteroatoms. The molecule has 0 spiro atoms. The van der Waals surface area contributed by atoms with E-state index in [-0.39, 0.29) is 24.0 Å². The summed E-state index contributed by atoms with van der Waals surface area (Å²) in [6.07, 6.45) is 10.4. The first-order valence-electron chi connectivity index (χ1n) is 12.2. The van der Waals surface area contributed by atoms with Crippen molar-refractivity contribution in [2.24, 2.45) is 10.9 Å². The van der Waals surface area contributed by atoms with Crippen LogP contribution in [0.5, 0.6) is 0 Å². The summed E-state index contributed by atoms with van der Waals surface area (Å²) in [6.45, 7) is 10.1. The smallest absolute Gasteiger partial charge is 0.191 e. The molecular weight excluding hydrogens is 517 g/mol. The number of anilines is 1. The maximum atomic E-state index is 5.85. The average Bonchev–Trinajstić information content (AvgIpc) is 3.10. The molecule has 1 aromatic heterocycles. The second kappa shape index (κ2) is 16.5. The van der Waals surface area contributed by atoms with Crippen LogP contribution in [0.1, 0.15) is 57.4 Å². The summed E-state index contributed by atoms with van der Waals surface area (Å²) in [5, 5.41) is 6.73. The van der Waals surface area contributed by atoms with Gasteiger partial charge in [0, 0.05) is 58.8 Å². The number of ether oxygens (including phenoxy) is 2. The van der Waals surface area contributed by atoms with E-state index in [1.54, 1.807) is 0 Å². The number of aromatic nitrogens is 1. The molecular formula is C24H42IN5O2. The Hall–Kier alpha value is -1.13. The fourth-order valence-corrected chi connectivity index (χ4v) is 4.05. The van der Waals surface area contributed by atoms with Crippen LogP contribution in [0.25, 0.3) is 0 Å². The summed E-state index contributed by atoms with van der Waals surface area (Å²) in [4.78, 5) is 11.8. The van der Waals surface area contributed by atoms with Gasteiger partial charge >= 0.3 is 0 Å². The Morgan fingerprint density at radius 3 is 2.62 bits per heavy atom. The first-order valence-corrected chi connectivity index (χ1v) is 12.2. The molecule has 0 aromatic carbocycles. The topological polar surface area (TPSA) is 71.0 Å². The van der Waals surface area contributed by atoms with Crippen molar-refractivity contribution >= 4 is 35.8 Å². The molecule has 2 N–H and O–H groups in total. The van der Waals surface area contributed by atoms with Gasteiger partial charge in [0.15, 0.2) is 5.96 Å². The molecule has 182 valence electrons. The standard InChI is InChI=1S/C24H41N5O2.HI/c1-2-25-24(26-12-7-15-31-20-21-10-16-30-17-11-21)28-19-22-8-9-23(27-18-22)29-13-5-3-4-6-14-29;/h8-9,18,21H,2-7,10-17,19-20H2,1H3,(H2,25,26,28);1H. The van der Waals surface area contributed by atoms with Crippen molar-refractivity contribution < 1.29 is 9.47 Å². The Morgan fingerprint density at radius 1 is 1.16 bits per heavy atom. The Morgan fingerprint density at radius 2 is 1.94 bits per heavy atom. The number of halogens is 1. The summed E-state index contributed by atoms with van der Waals surface area (Å²) in [5.41, 5.74) is 1.13. The molecule has 32 heavy (non-hydrogen) atoms. The number of guanidine groups is 1. The van der Waals surface area contributed by atoms with Crippen LogP contribution >= 0.6 is 24.0 Å². The fraction of sp³-hybridized carbons (Fsp3) is 0.750. The van der Waals surface area contributed by atoms with Crippen molar-refractivity contribution in [3.05, 3.63) is 23.9 Å². The third kappa shape index (κ3) is 10.2. The van der Waals surface area contributed by atoms with Crippen molar-refractivity contribution in [3.63, 3.8) is 0 Å². The highest BCUT2D eigenvalue weighted by molar-refractivity contribution is 14.0. The Balaban J connectivity index is 0.00000363.